The average molecular weight is 240 g/mol. The monoisotopic (exact) mass is 240 g/mol. The van der Waals surface area contributed by atoms with E-state index in [2.05, 4.69) is 10.4 Å². The Kier molecular flexibility index (Phi) is 5.07. The Labute approximate surface area is 99.0 Å². The second-order valence-corrected chi connectivity index (χ2v) is 4.60. The van der Waals surface area contributed by atoms with E-state index in [9.17, 15) is 4.79 Å². The van der Waals surface area contributed by atoms with Crippen LogP contribution in [0.5, 0.6) is 0 Å². The van der Waals surface area contributed by atoms with Crippen LogP contribution in [0.25, 0.3) is 0 Å². The molecule has 0 saturated carbocycles. The van der Waals surface area contributed by atoms with Crippen molar-refractivity contribution in [1.82, 2.24) is 10.4 Å². The lowest BCUT2D eigenvalue weighted by Gasteiger charge is -2.13. The van der Waals surface area contributed by atoms with E-state index in [1.807, 2.05) is 13.0 Å². The van der Waals surface area contributed by atoms with Crippen molar-refractivity contribution in [3.63, 3.8) is 0 Å². The maximum absolute atomic E-state index is 11.5. The molecule has 0 aliphatic heterocycles. The number of nitrogens with one attached hydrogen (secondary N) is 1. The Morgan fingerprint density at radius 3 is 2.88 bits per heavy atom. The molecular weight excluding hydrogens is 224 g/mol. The quantitative estimate of drug-likeness (QED) is 0.308. The maximum atomic E-state index is 11.5. The molecule has 0 aliphatic rings. The van der Waals surface area contributed by atoms with Crippen LogP contribution in [0.1, 0.15) is 19.8 Å². The fraction of sp³-hybridized carbons (Fsp3) is 0.400. The fourth-order valence-electron chi connectivity index (χ4n) is 1.22. The number of carbonyl (C=O) groups excluding carboxylic acids is 1. The van der Waals surface area contributed by atoms with Gasteiger partial charge in [-0.05, 0) is 18.6 Å². The molecule has 1 rings (SSSR count). The number of thioether (sulfide) groups is 1. The van der Waals surface area contributed by atoms with E-state index in [-0.39, 0.29) is 11.2 Å². The summed E-state index contributed by atoms with van der Waals surface area (Å²) in [5.41, 5.74) is 7.66. The second kappa shape index (κ2) is 6.34. The Morgan fingerprint density at radius 1 is 1.62 bits per heavy atom. The zero-order valence-electron chi connectivity index (χ0n) is 9.14. The van der Waals surface area contributed by atoms with E-state index in [0.717, 1.165) is 17.7 Å². The molecule has 6 heteroatoms. The number of amides is 1. The second-order valence-electron chi connectivity index (χ2n) is 3.32. The third-order valence-electron chi connectivity index (χ3n) is 2.02. The first-order chi connectivity index (χ1) is 7.67. The number of hydrogen-bond donors (Lipinski definition) is 3. The summed E-state index contributed by atoms with van der Waals surface area (Å²) in [6.07, 6.45) is 3.36. The molecule has 1 heterocycles. The van der Waals surface area contributed by atoms with Gasteiger partial charge in [0, 0.05) is 11.1 Å². The zero-order chi connectivity index (χ0) is 12.0. The Morgan fingerprint density at radius 2 is 2.38 bits per heavy atom. The van der Waals surface area contributed by atoms with Gasteiger partial charge in [0.25, 0.3) is 0 Å². The number of hydrazine groups is 1. The van der Waals surface area contributed by atoms with Crippen molar-refractivity contribution in [2.45, 2.75) is 29.9 Å². The summed E-state index contributed by atoms with van der Waals surface area (Å²) < 4.78 is 0. The average Bonchev–Trinajstić information content (AvgIpc) is 2.30. The smallest absolute Gasteiger partial charge is 0.247 e. The van der Waals surface area contributed by atoms with Crippen LogP contribution in [-0.2, 0) is 4.79 Å². The van der Waals surface area contributed by atoms with Crippen LogP contribution >= 0.6 is 11.8 Å². The Hall–Kier alpha value is -1.27. The first kappa shape index (κ1) is 12.8. The van der Waals surface area contributed by atoms with Gasteiger partial charge in [0.05, 0.1) is 5.25 Å². The summed E-state index contributed by atoms with van der Waals surface area (Å²) in [5.74, 6) is 5.44. The molecule has 1 aromatic rings. The summed E-state index contributed by atoms with van der Waals surface area (Å²) >= 11 is 1.44. The van der Waals surface area contributed by atoms with Crippen molar-refractivity contribution in [2.24, 2.45) is 5.84 Å². The molecule has 0 spiro atoms. The highest BCUT2D eigenvalue weighted by Crippen LogP contribution is 2.26. The van der Waals surface area contributed by atoms with Crippen LogP contribution in [0.3, 0.4) is 0 Å². The van der Waals surface area contributed by atoms with E-state index < -0.39 is 0 Å². The molecule has 1 atom stereocenters. The molecule has 1 unspecified atom stereocenters. The number of nitrogens with two attached hydrogens (primary N) is 2. The number of anilines is 1. The van der Waals surface area contributed by atoms with E-state index in [4.69, 9.17) is 11.6 Å². The van der Waals surface area contributed by atoms with Crippen molar-refractivity contribution in [1.29, 1.82) is 0 Å². The van der Waals surface area contributed by atoms with Gasteiger partial charge in [-0.15, -0.1) is 11.8 Å². The number of carbonyl (C=O) groups is 1. The van der Waals surface area contributed by atoms with Crippen LogP contribution in [0, 0.1) is 0 Å². The number of aromatic nitrogens is 1. The number of rotatable bonds is 5. The highest BCUT2D eigenvalue weighted by molar-refractivity contribution is 8.00. The topological polar surface area (TPSA) is 94.0 Å². The first-order valence-corrected chi connectivity index (χ1v) is 5.94. The summed E-state index contributed by atoms with van der Waals surface area (Å²) in [5, 5.41) is -0.180. The maximum Gasteiger partial charge on any atom is 0.247 e. The molecular formula is C10H16N4OS. The molecule has 5 N–H and O–H groups in total. The van der Waals surface area contributed by atoms with Crippen molar-refractivity contribution in [3.8, 4) is 0 Å². The first-order valence-electron chi connectivity index (χ1n) is 5.06. The predicted molar refractivity (Wildman–Crippen MR) is 65.5 cm³/mol. The predicted octanol–water partition coefficient (Wildman–Crippen LogP) is 0.914. The SMILES string of the molecule is CCCC(Sc1ccc(N)nc1)C(=O)NN. The van der Waals surface area contributed by atoms with Crippen molar-refractivity contribution in [3.05, 3.63) is 18.3 Å². The molecule has 88 valence electrons. The van der Waals surface area contributed by atoms with Gasteiger partial charge in [0.1, 0.15) is 5.82 Å². The van der Waals surface area contributed by atoms with Crippen LogP contribution in [0.2, 0.25) is 0 Å². The lowest BCUT2D eigenvalue weighted by atomic mass is 10.2. The standard InChI is InChI=1S/C10H16N4OS/c1-2-3-8(10(15)14-12)16-7-4-5-9(11)13-6-7/h4-6,8H,2-3,12H2,1H3,(H2,11,13)(H,14,15). The van der Waals surface area contributed by atoms with Gasteiger partial charge in [-0.3, -0.25) is 10.2 Å². The third kappa shape index (κ3) is 3.71. The normalized spacial score (nSPS) is 12.1. The fourth-order valence-corrected chi connectivity index (χ4v) is 2.34. The zero-order valence-corrected chi connectivity index (χ0v) is 9.96. The minimum Gasteiger partial charge on any atom is -0.384 e. The molecule has 1 amide bonds. The molecule has 0 bridgehead atoms. The number of pyridine rings is 1. The lowest BCUT2D eigenvalue weighted by Crippen LogP contribution is -2.37. The minimum atomic E-state index is -0.180. The van der Waals surface area contributed by atoms with Gasteiger partial charge in [-0.2, -0.15) is 0 Å². The van der Waals surface area contributed by atoms with E-state index >= 15 is 0 Å². The van der Waals surface area contributed by atoms with Crippen molar-refractivity contribution in [2.75, 3.05) is 5.73 Å². The number of nitrogens with zero attached hydrogens (tertiary/aromatic N) is 1. The van der Waals surface area contributed by atoms with Crippen LogP contribution in [0.4, 0.5) is 5.82 Å². The van der Waals surface area contributed by atoms with E-state index in [1.54, 1.807) is 12.3 Å². The van der Waals surface area contributed by atoms with Crippen molar-refractivity contribution < 1.29 is 4.79 Å². The van der Waals surface area contributed by atoms with E-state index in [0.29, 0.717) is 5.82 Å². The Balaban J connectivity index is 2.67. The third-order valence-corrected chi connectivity index (χ3v) is 3.27. The van der Waals surface area contributed by atoms with Crippen LogP contribution in [-0.4, -0.2) is 16.1 Å². The molecule has 5 nitrogen and oxygen atoms in total. The van der Waals surface area contributed by atoms with Crippen LogP contribution in [0.15, 0.2) is 23.2 Å². The molecule has 1 aromatic heterocycles. The van der Waals surface area contributed by atoms with Gasteiger partial charge >= 0.3 is 0 Å². The summed E-state index contributed by atoms with van der Waals surface area (Å²) in [7, 11) is 0. The Bertz CT molecular complexity index is 341. The van der Waals surface area contributed by atoms with Crippen molar-refractivity contribution >= 4 is 23.5 Å². The van der Waals surface area contributed by atoms with Crippen LogP contribution < -0.4 is 17.0 Å². The number of nitrogen functional groups attached to an aromatic ring is 1. The van der Waals surface area contributed by atoms with Gasteiger partial charge in [0.2, 0.25) is 5.91 Å². The highest BCUT2D eigenvalue weighted by Gasteiger charge is 2.17. The molecule has 0 radical (unpaired) electrons. The number of hydrogen-bond acceptors (Lipinski definition) is 5. The van der Waals surface area contributed by atoms with Gasteiger partial charge in [0.15, 0.2) is 0 Å². The summed E-state index contributed by atoms with van der Waals surface area (Å²) in [4.78, 5) is 16.4. The molecule has 0 fully saturated rings. The van der Waals surface area contributed by atoms with E-state index in [1.165, 1.54) is 11.8 Å². The summed E-state index contributed by atoms with van der Waals surface area (Å²) in [6.45, 7) is 2.03. The molecule has 0 saturated heterocycles. The minimum absolute atomic E-state index is 0.163. The summed E-state index contributed by atoms with van der Waals surface area (Å²) in [6, 6.07) is 3.56. The van der Waals surface area contributed by atoms with Gasteiger partial charge < -0.3 is 5.73 Å². The molecule has 0 aromatic carbocycles. The lowest BCUT2D eigenvalue weighted by molar-refractivity contribution is -0.120. The van der Waals surface area contributed by atoms with Gasteiger partial charge in [-0.1, -0.05) is 13.3 Å². The highest BCUT2D eigenvalue weighted by atomic mass is 32.2. The van der Waals surface area contributed by atoms with Gasteiger partial charge in [-0.25, -0.2) is 10.8 Å². The largest absolute Gasteiger partial charge is 0.384 e. The molecule has 16 heavy (non-hydrogen) atoms. The molecule has 0 aliphatic carbocycles.